The first kappa shape index (κ1) is 23.0. The fraction of sp³-hybridized carbons (Fsp3) is 0.524. The zero-order valence-electron chi connectivity index (χ0n) is 15.9. The summed E-state index contributed by atoms with van der Waals surface area (Å²) in [6, 6.07) is 13.5. The topological polar surface area (TPSA) is 24.5 Å². The molecule has 1 heterocycles. The first-order valence-electron chi connectivity index (χ1n) is 9.35. The van der Waals surface area contributed by atoms with Gasteiger partial charge in [0.05, 0.1) is 7.11 Å². The van der Waals surface area contributed by atoms with Crippen molar-refractivity contribution in [3.63, 3.8) is 0 Å². The zero-order chi connectivity index (χ0) is 16.8. The van der Waals surface area contributed by atoms with Gasteiger partial charge in [0, 0.05) is 37.8 Å². The van der Waals surface area contributed by atoms with Crippen LogP contribution in [0.2, 0.25) is 0 Å². The van der Waals surface area contributed by atoms with Gasteiger partial charge in [0.1, 0.15) is 5.75 Å². The number of ether oxygens (including phenoxy) is 1. The van der Waals surface area contributed by atoms with E-state index in [1.54, 1.807) is 7.11 Å². The lowest BCUT2D eigenvalue weighted by Crippen LogP contribution is -2.45. The summed E-state index contributed by atoms with van der Waals surface area (Å²) in [7, 11) is 1.80. The minimum atomic E-state index is 0. The van der Waals surface area contributed by atoms with Gasteiger partial charge in [-0.15, -0.1) is 24.8 Å². The lowest BCUT2D eigenvalue weighted by atomic mass is 9.92. The van der Waals surface area contributed by atoms with Crippen molar-refractivity contribution in [3.8, 4) is 5.75 Å². The number of nitrogens with one attached hydrogen (secondary N) is 1. The molecular formula is C21H32Cl2N2O. The Morgan fingerprint density at radius 2 is 1.77 bits per heavy atom. The van der Waals surface area contributed by atoms with E-state index < -0.39 is 0 Å². The second kappa shape index (κ2) is 11.7. The van der Waals surface area contributed by atoms with Crippen molar-refractivity contribution in [2.75, 3.05) is 33.3 Å². The third kappa shape index (κ3) is 5.26. The van der Waals surface area contributed by atoms with Gasteiger partial charge in [-0.1, -0.05) is 56.5 Å². The van der Waals surface area contributed by atoms with Crippen molar-refractivity contribution in [2.24, 2.45) is 0 Å². The Kier molecular flexibility index (Phi) is 10.3. The molecule has 0 radical (unpaired) electrons. The number of rotatable bonds is 7. The molecule has 2 aromatic carbocycles. The van der Waals surface area contributed by atoms with Crippen molar-refractivity contribution < 1.29 is 4.74 Å². The molecule has 1 saturated heterocycles. The van der Waals surface area contributed by atoms with Gasteiger partial charge in [-0.3, -0.25) is 4.90 Å². The predicted molar refractivity (Wildman–Crippen MR) is 116 cm³/mol. The van der Waals surface area contributed by atoms with Gasteiger partial charge >= 0.3 is 0 Å². The summed E-state index contributed by atoms with van der Waals surface area (Å²) in [5.41, 5.74) is 1.38. The van der Waals surface area contributed by atoms with E-state index in [2.05, 4.69) is 53.5 Å². The molecule has 3 nitrogen and oxygen atoms in total. The minimum absolute atomic E-state index is 0. The molecule has 0 aromatic heterocycles. The molecule has 0 unspecified atom stereocenters. The highest BCUT2D eigenvalue weighted by atomic mass is 35.5. The molecule has 0 bridgehead atoms. The lowest BCUT2D eigenvalue weighted by Gasteiger charge is -2.36. The van der Waals surface area contributed by atoms with Crippen LogP contribution in [0.25, 0.3) is 10.8 Å². The van der Waals surface area contributed by atoms with Crippen molar-refractivity contribution in [1.82, 2.24) is 10.2 Å². The second-order valence-corrected chi connectivity index (χ2v) is 6.70. The number of benzene rings is 2. The molecule has 2 aromatic rings. The van der Waals surface area contributed by atoms with Crippen LogP contribution in [-0.4, -0.2) is 38.2 Å². The van der Waals surface area contributed by atoms with Crippen molar-refractivity contribution in [3.05, 3.63) is 42.0 Å². The van der Waals surface area contributed by atoms with Crippen molar-refractivity contribution in [1.29, 1.82) is 0 Å². The van der Waals surface area contributed by atoms with Crippen LogP contribution in [0.3, 0.4) is 0 Å². The van der Waals surface area contributed by atoms with Crippen molar-refractivity contribution >= 4 is 35.6 Å². The first-order valence-corrected chi connectivity index (χ1v) is 9.35. The van der Waals surface area contributed by atoms with E-state index in [4.69, 9.17) is 4.74 Å². The molecule has 1 N–H and O–H groups in total. The molecule has 0 spiro atoms. The van der Waals surface area contributed by atoms with Crippen LogP contribution in [-0.2, 0) is 0 Å². The molecule has 0 aliphatic carbocycles. The lowest BCUT2D eigenvalue weighted by molar-refractivity contribution is 0.161. The van der Waals surface area contributed by atoms with E-state index in [0.29, 0.717) is 6.04 Å². The third-order valence-electron chi connectivity index (χ3n) is 5.16. The molecule has 3 rings (SSSR count). The zero-order valence-corrected chi connectivity index (χ0v) is 17.5. The molecule has 146 valence electrons. The Morgan fingerprint density at radius 1 is 1.04 bits per heavy atom. The monoisotopic (exact) mass is 398 g/mol. The van der Waals surface area contributed by atoms with Crippen LogP contribution in [0.4, 0.5) is 0 Å². The molecule has 1 aliphatic heterocycles. The minimum Gasteiger partial charge on any atom is -0.496 e. The number of nitrogens with zero attached hydrogens (tertiary/aromatic N) is 1. The van der Waals surface area contributed by atoms with Crippen LogP contribution in [0.1, 0.15) is 44.2 Å². The highest BCUT2D eigenvalue weighted by Gasteiger charge is 2.26. The van der Waals surface area contributed by atoms with Gasteiger partial charge in [0.2, 0.25) is 0 Å². The van der Waals surface area contributed by atoms with E-state index >= 15 is 0 Å². The highest BCUT2D eigenvalue weighted by Crippen LogP contribution is 2.38. The Morgan fingerprint density at radius 3 is 2.46 bits per heavy atom. The standard InChI is InChI=1S/C21H30N2O.2ClH/c1-3-4-5-10-19(23-15-13-22-14-16-23)21-18-9-7-6-8-17(18)11-12-20(21)24-2;;/h6-9,11-12,19,22H,3-5,10,13-16H2,1-2H3;2*1H/t19-;;/m0../s1. The van der Waals surface area contributed by atoms with Crippen LogP contribution in [0, 0.1) is 0 Å². The van der Waals surface area contributed by atoms with Crippen LogP contribution in [0.5, 0.6) is 5.75 Å². The maximum absolute atomic E-state index is 5.79. The summed E-state index contributed by atoms with van der Waals surface area (Å²) in [5.74, 6) is 1.04. The number of hydrogen-bond acceptors (Lipinski definition) is 3. The molecule has 26 heavy (non-hydrogen) atoms. The number of hydrogen-bond donors (Lipinski definition) is 1. The van der Waals surface area contributed by atoms with E-state index in [9.17, 15) is 0 Å². The fourth-order valence-corrected chi connectivity index (χ4v) is 3.89. The average Bonchev–Trinajstić information content (AvgIpc) is 2.65. The van der Waals surface area contributed by atoms with Gasteiger partial charge in [0.15, 0.2) is 0 Å². The van der Waals surface area contributed by atoms with Gasteiger partial charge < -0.3 is 10.1 Å². The number of unbranched alkanes of at least 4 members (excludes halogenated alkanes) is 2. The Bertz CT molecular complexity index is 660. The predicted octanol–water partition coefficient (Wildman–Crippen LogP) is 5.22. The number of halogens is 2. The Labute approximate surface area is 170 Å². The maximum Gasteiger partial charge on any atom is 0.124 e. The summed E-state index contributed by atoms with van der Waals surface area (Å²) in [4.78, 5) is 2.65. The van der Waals surface area contributed by atoms with Crippen LogP contribution >= 0.6 is 24.8 Å². The first-order chi connectivity index (χ1) is 11.8. The van der Waals surface area contributed by atoms with Gasteiger partial charge in [-0.25, -0.2) is 0 Å². The van der Waals surface area contributed by atoms with Crippen LogP contribution in [0.15, 0.2) is 36.4 Å². The molecule has 0 saturated carbocycles. The largest absolute Gasteiger partial charge is 0.496 e. The number of piperazine rings is 1. The third-order valence-corrected chi connectivity index (χ3v) is 5.16. The molecule has 0 amide bonds. The SMILES string of the molecule is CCCCC[C@@H](c1c(OC)ccc2ccccc12)N1CCNCC1.Cl.Cl. The summed E-state index contributed by atoms with van der Waals surface area (Å²) in [6.07, 6.45) is 5.05. The second-order valence-electron chi connectivity index (χ2n) is 6.70. The maximum atomic E-state index is 5.79. The fourth-order valence-electron chi connectivity index (χ4n) is 3.89. The Hall–Kier alpha value is -1.00. The molecule has 1 fully saturated rings. The number of methoxy groups -OCH3 is 1. The smallest absolute Gasteiger partial charge is 0.124 e. The normalized spacial score (nSPS) is 15.8. The molecule has 5 heteroatoms. The summed E-state index contributed by atoms with van der Waals surface area (Å²) < 4.78 is 5.79. The van der Waals surface area contributed by atoms with Crippen LogP contribution < -0.4 is 10.1 Å². The molecular weight excluding hydrogens is 367 g/mol. The highest BCUT2D eigenvalue weighted by molar-refractivity contribution is 5.88. The quantitative estimate of drug-likeness (QED) is 0.646. The average molecular weight is 399 g/mol. The van der Waals surface area contributed by atoms with E-state index in [-0.39, 0.29) is 24.8 Å². The van der Waals surface area contributed by atoms with Gasteiger partial charge in [0.25, 0.3) is 0 Å². The Balaban J connectivity index is 0.00000169. The summed E-state index contributed by atoms with van der Waals surface area (Å²) in [5, 5.41) is 6.13. The van der Waals surface area contributed by atoms with Gasteiger partial charge in [-0.2, -0.15) is 0 Å². The van der Waals surface area contributed by atoms with E-state index in [0.717, 1.165) is 31.9 Å². The van der Waals surface area contributed by atoms with E-state index in [1.807, 2.05) is 0 Å². The summed E-state index contributed by atoms with van der Waals surface area (Å²) >= 11 is 0. The summed E-state index contributed by atoms with van der Waals surface area (Å²) in [6.45, 7) is 6.67. The van der Waals surface area contributed by atoms with E-state index in [1.165, 1.54) is 42.0 Å². The number of fused-ring (bicyclic) bond motifs is 1. The molecule has 1 atom stereocenters. The van der Waals surface area contributed by atoms with Crippen molar-refractivity contribution in [2.45, 2.75) is 38.6 Å². The van der Waals surface area contributed by atoms with Gasteiger partial charge in [-0.05, 0) is 23.3 Å². The molecule has 1 aliphatic rings.